The van der Waals surface area contributed by atoms with Crippen LogP contribution in [0.1, 0.15) is 40.5 Å². The highest BCUT2D eigenvalue weighted by Crippen LogP contribution is 2.29. The number of amides is 1. The lowest BCUT2D eigenvalue weighted by Gasteiger charge is -2.30. The number of primary amides is 1. The quantitative estimate of drug-likeness (QED) is 0.832. The van der Waals surface area contributed by atoms with Gasteiger partial charge in [0, 0.05) is 30.3 Å². The third-order valence-corrected chi connectivity index (χ3v) is 6.26. The normalized spacial score (nSPS) is 16.8. The minimum absolute atomic E-state index is 0.0838. The standard InChI is InChI=1S/C16H19FN4O3S/c17-13-4-2-1-3-12(13)10-25(23,24)21-7-5-11(6-8-21)14-9-15(16(18)22)20-19-14/h1-4,9,11H,5-8,10H2,(H2,18,22)(H,19,20). The molecule has 0 aliphatic carbocycles. The van der Waals surface area contributed by atoms with Crippen molar-refractivity contribution in [1.82, 2.24) is 14.5 Å². The van der Waals surface area contributed by atoms with E-state index in [1.54, 1.807) is 12.1 Å². The lowest BCUT2D eigenvalue weighted by atomic mass is 9.94. The SMILES string of the molecule is NC(=O)c1cc(C2CCN(S(=O)(=O)Cc3ccccc3F)CC2)[nH]n1. The van der Waals surface area contributed by atoms with Gasteiger partial charge in [-0.25, -0.2) is 17.1 Å². The first-order valence-corrected chi connectivity index (χ1v) is 9.54. The van der Waals surface area contributed by atoms with Crippen LogP contribution >= 0.6 is 0 Å². The van der Waals surface area contributed by atoms with Crippen molar-refractivity contribution >= 4 is 15.9 Å². The van der Waals surface area contributed by atoms with Crippen LogP contribution in [0.2, 0.25) is 0 Å². The van der Waals surface area contributed by atoms with E-state index in [1.165, 1.54) is 22.5 Å². The summed E-state index contributed by atoms with van der Waals surface area (Å²) in [5.74, 6) is -1.38. The van der Waals surface area contributed by atoms with E-state index in [1.807, 2.05) is 0 Å². The molecule has 0 radical (unpaired) electrons. The second-order valence-corrected chi connectivity index (χ2v) is 8.06. The molecule has 1 aromatic carbocycles. The van der Waals surface area contributed by atoms with Gasteiger partial charge in [-0.05, 0) is 25.0 Å². The highest BCUT2D eigenvalue weighted by molar-refractivity contribution is 7.88. The Morgan fingerprint density at radius 2 is 2.00 bits per heavy atom. The summed E-state index contributed by atoms with van der Waals surface area (Å²) in [7, 11) is -3.58. The van der Waals surface area contributed by atoms with Gasteiger partial charge < -0.3 is 5.73 Å². The summed E-state index contributed by atoms with van der Waals surface area (Å²) in [5, 5.41) is 6.64. The fourth-order valence-electron chi connectivity index (χ4n) is 3.02. The highest BCUT2D eigenvalue weighted by atomic mass is 32.2. The molecule has 1 aliphatic heterocycles. The van der Waals surface area contributed by atoms with Crippen molar-refractivity contribution in [3.8, 4) is 0 Å². The molecule has 3 rings (SSSR count). The summed E-state index contributed by atoms with van der Waals surface area (Å²) in [6.45, 7) is 0.679. The smallest absolute Gasteiger partial charge is 0.269 e. The number of sulfonamides is 1. The first-order chi connectivity index (χ1) is 11.9. The molecule has 2 aromatic rings. The Morgan fingerprint density at radius 1 is 1.32 bits per heavy atom. The van der Waals surface area contributed by atoms with Gasteiger partial charge in [-0.3, -0.25) is 9.89 Å². The van der Waals surface area contributed by atoms with Crippen LogP contribution in [0.5, 0.6) is 0 Å². The number of carbonyl (C=O) groups excluding carboxylic acids is 1. The Hall–Kier alpha value is -2.26. The van der Waals surface area contributed by atoms with E-state index in [0.29, 0.717) is 25.9 Å². The van der Waals surface area contributed by atoms with Crippen LogP contribution in [0.3, 0.4) is 0 Å². The van der Waals surface area contributed by atoms with Crippen molar-refractivity contribution in [2.24, 2.45) is 5.73 Å². The summed E-state index contributed by atoms with van der Waals surface area (Å²) < 4.78 is 40.1. The largest absolute Gasteiger partial charge is 0.364 e. The highest BCUT2D eigenvalue weighted by Gasteiger charge is 2.30. The van der Waals surface area contributed by atoms with Crippen LogP contribution < -0.4 is 5.73 Å². The van der Waals surface area contributed by atoms with Gasteiger partial charge >= 0.3 is 0 Å². The van der Waals surface area contributed by atoms with Crippen molar-refractivity contribution in [3.05, 3.63) is 53.1 Å². The van der Waals surface area contributed by atoms with E-state index < -0.39 is 21.7 Å². The molecule has 3 N–H and O–H groups in total. The number of nitrogens with one attached hydrogen (secondary N) is 1. The number of aromatic nitrogens is 2. The third kappa shape index (κ3) is 3.88. The van der Waals surface area contributed by atoms with Gasteiger partial charge in [-0.1, -0.05) is 18.2 Å². The Kier molecular flexibility index (Phi) is 4.87. The fourth-order valence-corrected chi connectivity index (χ4v) is 4.60. The number of rotatable bonds is 5. The molecule has 25 heavy (non-hydrogen) atoms. The number of piperidine rings is 1. The minimum Gasteiger partial charge on any atom is -0.364 e. The average Bonchev–Trinajstić information content (AvgIpc) is 3.07. The van der Waals surface area contributed by atoms with Crippen molar-refractivity contribution in [1.29, 1.82) is 0 Å². The molecule has 0 saturated carbocycles. The van der Waals surface area contributed by atoms with Crippen molar-refractivity contribution < 1.29 is 17.6 Å². The zero-order chi connectivity index (χ0) is 18.0. The number of carbonyl (C=O) groups is 1. The maximum Gasteiger partial charge on any atom is 0.269 e. The molecule has 1 amide bonds. The number of aromatic amines is 1. The molecule has 0 bridgehead atoms. The summed E-state index contributed by atoms with van der Waals surface area (Å²) in [6, 6.07) is 7.49. The van der Waals surface area contributed by atoms with Crippen LogP contribution in [-0.4, -0.2) is 41.9 Å². The fraction of sp³-hybridized carbons (Fsp3) is 0.375. The molecule has 7 nitrogen and oxygen atoms in total. The average molecular weight is 366 g/mol. The van der Waals surface area contributed by atoms with Crippen LogP contribution in [0, 0.1) is 5.82 Å². The third-order valence-electron chi connectivity index (χ3n) is 4.43. The van der Waals surface area contributed by atoms with Crippen LogP contribution in [0.4, 0.5) is 4.39 Å². The number of benzene rings is 1. The predicted octanol–water partition coefficient (Wildman–Crippen LogP) is 1.36. The van der Waals surface area contributed by atoms with E-state index in [0.717, 1.165) is 5.69 Å². The van der Waals surface area contributed by atoms with Crippen LogP contribution in [-0.2, 0) is 15.8 Å². The van der Waals surface area contributed by atoms with Crippen molar-refractivity contribution in [2.75, 3.05) is 13.1 Å². The number of nitrogens with two attached hydrogens (primary N) is 1. The number of halogens is 1. The zero-order valence-electron chi connectivity index (χ0n) is 13.5. The Labute approximate surface area is 145 Å². The van der Waals surface area contributed by atoms with E-state index in [4.69, 9.17) is 5.73 Å². The summed E-state index contributed by atoms with van der Waals surface area (Å²) in [6.07, 6.45) is 1.19. The van der Waals surface area contributed by atoms with E-state index >= 15 is 0 Å². The minimum atomic E-state index is -3.58. The molecule has 9 heteroatoms. The lowest BCUT2D eigenvalue weighted by molar-refractivity contribution is 0.0995. The van der Waals surface area contributed by atoms with Gasteiger partial charge in [0.05, 0.1) is 5.75 Å². The monoisotopic (exact) mass is 366 g/mol. The van der Waals surface area contributed by atoms with Crippen molar-refractivity contribution in [2.45, 2.75) is 24.5 Å². The molecular formula is C16H19FN4O3S. The van der Waals surface area contributed by atoms with Crippen LogP contribution in [0.15, 0.2) is 30.3 Å². The van der Waals surface area contributed by atoms with Gasteiger partial charge in [0.2, 0.25) is 10.0 Å². The number of H-pyrrole nitrogens is 1. The molecule has 1 aromatic heterocycles. The summed E-state index contributed by atoms with van der Waals surface area (Å²) in [5.41, 5.74) is 6.30. The second-order valence-electron chi connectivity index (χ2n) is 6.09. The topological polar surface area (TPSA) is 109 Å². The van der Waals surface area contributed by atoms with Gasteiger partial charge in [0.1, 0.15) is 11.5 Å². The molecule has 0 atom stereocenters. The first kappa shape index (κ1) is 17.6. The molecule has 1 saturated heterocycles. The molecular weight excluding hydrogens is 347 g/mol. The summed E-state index contributed by atoms with van der Waals surface area (Å²) >= 11 is 0. The Bertz CT molecular complexity index is 873. The van der Waals surface area contributed by atoms with E-state index in [2.05, 4.69) is 10.2 Å². The maximum absolute atomic E-state index is 13.7. The predicted molar refractivity (Wildman–Crippen MR) is 89.7 cm³/mol. The van der Waals surface area contributed by atoms with E-state index in [9.17, 15) is 17.6 Å². The first-order valence-electron chi connectivity index (χ1n) is 7.93. The van der Waals surface area contributed by atoms with Gasteiger partial charge in [0.25, 0.3) is 5.91 Å². The number of hydrogen-bond acceptors (Lipinski definition) is 4. The molecule has 2 heterocycles. The number of nitrogens with zero attached hydrogens (tertiary/aromatic N) is 2. The lowest BCUT2D eigenvalue weighted by Crippen LogP contribution is -2.38. The molecule has 1 aliphatic rings. The van der Waals surface area contributed by atoms with E-state index in [-0.39, 0.29) is 22.9 Å². The van der Waals surface area contributed by atoms with Crippen molar-refractivity contribution in [3.63, 3.8) is 0 Å². The molecule has 0 spiro atoms. The zero-order valence-corrected chi connectivity index (χ0v) is 14.3. The van der Waals surface area contributed by atoms with Crippen LogP contribution in [0.25, 0.3) is 0 Å². The number of hydrogen-bond donors (Lipinski definition) is 2. The Morgan fingerprint density at radius 3 is 2.60 bits per heavy atom. The Balaban J connectivity index is 1.64. The molecule has 134 valence electrons. The summed E-state index contributed by atoms with van der Waals surface area (Å²) in [4.78, 5) is 11.1. The molecule has 1 fully saturated rings. The van der Waals surface area contributed by atoms with Gasteiger partial charge in [-0.15, -0.1) is 0 Å². The van der Waals surface area contributed by atoms with Gasteiger partial charge in [-0.2, -0.15) is 5.10 Å². The second kappa shape index (κ2) is 6.93. The maximum atomic E-state index is 13.7. The molecule has 0 unspecified atom stereocenters. The van der Waals surface area contributed by atoms with Gasteiger partial charge in [0.15, 0.2) is 0 Å².